The standard InChI is InChI=1S/C14H18N2O2S/c1-8-9(2)18-10(3)13(8)14(17)15-6-5-12-7-19-11(4)16-12/h7H,5-6H2,1-4H3,(H,15,17). The molecule has 19 heavy (non-hydrogen) atoms. The molecule has 2 heterocycles. The summed E-state index contributed by atoms with van der Waals surface area (Å²) in [5, 5.41) is 6.00. The lowest BCUT2D eigenvalue weighted by Crippen LogP contribution is -2.26. The van der Waals surface area contributed by atoms with E-state index in [1.54, 1.807) is 11.3 Å². The first-order valence-corrected chi connectivity index (χ1v) is 7.12. The normalized spacial score (nSPS) is 10.7. The molecule has 2 aromatic rings. The van der Waals surface area contributed by atoms with E-state index in [2.05, 4.69) is 10.3 Å². The molecule has 0 aliphatic carbocycles. The van der Waals surface area contributed by atoms with Gasteiger partial charge < -0.3 is 9.73 Å². The van der Waals surface area contributed by atoms with Gasteiger partial charge in [-0.2, -0.15) is 0 Å². The summed E-state index contributed by atoms with van der Waals surface area (Å²) < 4.78 is 5.46. The van der Waals surface area contributed by atoms with Crippen LogP contribution in [0.5, 0.6) is 0 Å². The zero-order chi connectivity index (χ0) is 14.0. The van der Waals surface area contributed by atoms with Gasteiger partial charge in [0.05, 0.1) is 16.3 Å². The van der Waals surface area contributed by atoms with Gasteiger partial charge in [0.2, 0.25) is 0 Å². The number of carbonyl (C=O) groups excluding carboxylic acids is 1. The number of aryl methyl sites for hydroxylation is 3. The molecule has 2 rings (SSSR count). The van der Waals surface area contributed by atoms with Crippen LogP contribution in [0.15, 0.2) is 9.80 Å². The molecule has 0 unspecified atom stereocenters. The number of rotatable bonds is 4. The maximum Gasteiger partial charge on any atom is 0.255 e. The number of carbonyl (C=O) groups is 1. The lowest BCUT2D eigenvalue weighted by Gasteiger charge is -2.04. The van der Waals surface area contributed by atoms with Crippen molar-refractivity contribution in [3.05, 3.63) is 38.7 Å². The molecule has 1 N–H and O–H groups in total. The van der Waals surface area contributed by atoms with Gasteiger partial charge >= 0.3 is 0 Å². The van der Waals surface area contributed by atoms with Crippen molar-refractivity contribution in [2.45, 2.75) is 34.1 Å². The van der Waals surface area contributed by atoms with Crippen molar-refractivity contribution in [3.63, 3.8) is 0 Å². The number of nitrogens with zero attached hydrogens (tertiary/aromatic N) is 1. The smallest absolute Gasteiger partial charge is 0.255 e. The molecule has 0 aliphatic rings. The van der Waals surface area contributed by atoms with Crippen LogP contribution >= 0.6 is 11.3 Å². The van der Waals surface area contributed by atoms with Crippen LogP contribution in [0, 0.1) is 27.7 Å². The summed E-state index contributed by atoms with van der Waals surface area (Å²) in [5.74, 6) is 1.41. The van der Waals surface area contributed by atoms with E-state index in [0.717, 1.165) is 28.4 Å². The predicted octanol–water partition coefficient (Wildman–Crippen LogP) is 2.94. The molecule has 0 aliphatic heterocycles. The molecular weight excluding hydrogens is 260 g/mol. The zero-order valence-corrected chi connectivity index (χ0v) is 12.5. The van der Waals surface area contributed by atoms with Gasteiger partial charge in [-0.15, -0.1) is 11.3 Å². The minimum Gasteiger partial charge on any atom is -0.466 e. The van der Waals surface area contributed by atoms with Crippen molar-refractivity contribution in [1.29, 1.82) is 0 Å². The number of furan rings is 1. The Kier molecular flexibility index (Phi) is 4.04. The van der Waals surface area contributed by atoms with Crippen molar-refractivity contribution in [2.24, 2.45) is 0 Å². The molecule has 0 saturated carbocycles. The van der Waals surface area contributed by atoms with Gasteiger partial charge in [0.25, 0.3) is 5.91 Å². The second-order valence-corrected chi connectivity index (χ2v) is 5.64. The number of nitrogens with one attached hydrogen (secondary N) is 1. The molecule has 4 nitrogen and oxygen atoms in total. The van der Waals surface area contributed by atoms with E-state index in [0.29, 0.717) is 17.9 Å². The summed E-state index contributed by atoms with van der Waals surface area (Å²) >= 11 is 1.63. The van der Waals surface area contributed by atoms with E-state index >= 15 is 0 Å². The Hall–Kier alpha value is -1.62. The van der Waals surface area contributed by atoms with Crippen LogP contribution in [0.1, 0.15) is 38.1 Å². The monoisotopic (exact) mass is 278 g/mol. The highest BCUT2D eigenvalue weighted by molar-refractivity contribution is 7.09. The quantitative estimate of drug-likeness (QED) is 0.935. The average molecular weight is 278 g/mol. The Bertz CT molecular complexity index is 599. The lowest BCUT2D eigenvalue weighted by molar-refractivity contribution is 0.0952. The Balaban J connectivity index is 1.94. The fourth-order valence-electron chi connectivity index (χ4n) is 2.04. The molecule has 0 fully saturated rings. The second-order valence-electron chi connectivity index (χ2n) is 4.58. The first kappa shape index (κ1) is 13.8. The number of thiazole rings is 1. The van der Waals surface area contributed by atoms with E-state index in [9.17, 15) is 4.79 Å². The van der Waals surface area contributed by atoms with Gasteiger partial charge in [0, 0.05) is 23.9 Å². The molecule has 5 heteroatoms. The molecule has 2 aromatic heterocycles. The molecule has 102 valence electrons. The summed E-state index contributed by atoms with van der Waals surface area (Å²) in [7, 11) is 0. The Labute approximate surface area is 116 Å². The number of amides is 1. The topological polar surface area (TPSA) is 55.1 Å². The largest absolute Gasteiger partial charge is 0.466 e. The fourth-order valence-corrected chi connectivity index (χ4v) is 2.69. The Morgan fingerprint density at radius 2 is 2.05 bits per heavy atom. The SMILES string of the molecule is Cc1nc(CCNC(=O)c2c(C)oc(C)c2C)cs1. The molecule has 0 aromatic carbocycles. The molecule has 1 amide bonds. The first-order valence-electron chi connectivity index (χ1n) is 6.25. The van der Waals surface area contributed by atoms with Gasteiger partial charge in [0.15, 0.2) is 0 Å². The molecule has 0 radical (unpaired) electrons. The third-order valence-electron chi connectivity index (χ3n) is 3.12. The highest BCUT2D eigenvalue weighted by Crippen LogP contribution is 2.20. The molecule has 0 saturated heterocycles. The Morgan fingerprint density at radius 3 is 2.58 bits per heavy atom. The van der Waals surface area contributed by atoms with Crippen LogP contribution < -0.4 is 5.32 Å². The van der Waals surface area contributed by atoms with Gasteiger partial charge in [0.1, 0.15) is 11.5 Å². The first-order chi connectivity index (χ1) is 8.99. The maximum absolute atomic E-state index is 12.1. The van der Waals surface area contributed by atoms with Crippen molar-refractivity contribution in [2.75, 3.05) is 6.54 Å². The van der Waals surface area contributed by atoms with E-state index in [1.165, 1.54) is 0 Å². The average Bonchev–Trinajstić information content (AvgIpc) is 2.84. The summed E-state index contributed by atoms with van der Waals surface area (Å²) in [5.41, 5.74) is 2.60. The van der Waals surface area contributed by atoms with E-state index in [4.69, 9.17) is 4.42 Å². The molecule has 0 spiro atoms. The van der Waals surface area contributed by atoms with Crippen molar-refractivity contribution in [1.82, 2.24) is 10.3 Å². The van der Waals surface area contributed by atoms with Gasteiger partial charge in [-0.25, -0.2) is 4.98 Å². The maximum atomic E-state index is 12.1. The van der Waals surface area contributed by atoms with Crippen LogP contribution in [0.3, 0.4) is 0 Å². The summed E-state index contributed by atoms with van der Waals surface area (Å²) in [6.45, 7) is 8.17. The highest BCUT2D eigenvalue weighted by atomic mass is 32.1. The summed E-state index contributed by atoms with van der Waals surface area (Å²) in [6, 6.07) is 0. The van der Waals surface area contributed by atoms with Crippen molar-refractivity contribution < 1.29 is 9.21 Å². The van der Waals surface area contributed by atoms with E-state index < -0.39 is 0 Å². The lowest BCUT2D eigenvalue weighted by atomic mass is 10.1. The third kappa shape index (κ3) is 3.04. The van der Waals surface area contributed by atoms with Crippen LogP contribution in [0.4, 0.5) is 0 Å². The van der Waals surface area contributed by atoms with E-state index in [1.807, 2.05) is 33.1 Å². The third-order valence-corrected chi connectivity index (χ3v) is 3.94. The fraction of sp³-hybridized carbons (Fsp3) is 0.429. The number of hydrogen-bond donors (Lipinski definition) is 1. The van der Waals surface area contributed by atoms with Crippen LogP contribution in [0.25, 0.3) is 0 Å². The Morgan fingerprint density at radius 1 is 1.32 bits per heavy atom. The molecule has 0 atom stereocenters. The summed E-state index contributed by atoms with van der Waals surface area (Å²) in [6.07, 6.45) is 0.755. The zero-order valence-electron chi connectivity index (χ0n) is 11.7. The van der Waals surface area contributed by atoms with E-state index in [-0.39, 0.29) is 5.91 Å². The van der Waals surface area contributed by atoms with Crippen LogP contribution in [0.2, 0.25) is 0 Å². The van der Waals surface area contributed by atoms with Crippen LogP contribution in [-0.4, -0.2) is 17.4 Å². The second kappa shape index (κ2) is 5.57. The summed E-state index contributed by atoms with van der Waals surface area (Å²) in [4.78, 5) is 16.5. The van der Waals surface area contributed by atoms with Gasteiger partial charge in [-0.3, -0.25) is 4.79 Å². The minimum absolute atomic E-state index is 0.0706. The molecule has 0 bridgehead atoms. The van der Waals surface area contributed by atoms with Crippen molar-refractivity contribution >= 4 is 17.2 Å². The van der Waals surface area contributed by atoms with Crippen LogP contribution in [-0.2, 0) is 6.42 Å². The highest BCUT2D eigenvalue weighted by Gasteiger charge is 2.17. The number of hydrogen-bond acceptors (Lipinski definition) is 4. The number of aromatic nitrogens is 1. The minimum atomic E-state index is -0.0706. The predicted molar refractivity (Wildman–Crippen MR) is 75.8 cm³/mol. The van der Waals surface area contributed by atoms with Gasteiger partial charge in [-0.1, -0.05) is 0 Å². The molecular formula is C14H18N2O2S. The van der Waals surface area contributed by atoms with Crippen molar-refractivity contribution in [3.8, 4) is 0 Å². The van der Waals surface area contributed by atoms with Gasteiger partial charge in [-0.05, 0) is 27.7 Å².